The Bertz CT molecular complexity index is 278. The van der Waals surface area contributed by atoms with Crippen LogP contribution in [0.1, 0.15) is 0 Å². The molecule has 0 radical (unpaired) electrons. The summed E-state index contributed by atoms with van der Waals surface area (Å²) < 4.78 is 28.1. The molecule has 72 valence electrons. The number of hydrogen-bond acceptors (Lipinski definition) is 3. The average Bonchev–Trinajstić information content (AvgIpc) is 2.03. The van der Waals surface area contributed by atoms with Crippen molar-refractivity contribution in [3.8, 4) is 5.75 Å². The van der Waals surface area contributed by atoms with E-state index in [0.29, 0.717) is 0 Å². The lowest BCUT2D eigenvalue weighted by atomic mass is 10.6. The number of halogens is 4. The van der Waals surface area contributed by atoms with Gasteiger partial charge in [0.2, 0.25) is 0 Å². The van der Waals surface area contributed by atoms with E-state index in [0.717, 1.165) is 6.33 Å². The van der Waals surface area contributed by atoms with Gasteiger partial charge in [0.05, 0.1) is 0 Å². The van der Waals surface area contributed by atoms with Crippen molar-refractivity contribution >= 4 is 23.2 Å². The molecule has 0 aromatic carbocycles. The van der Waals surface area contributed by atoms with Gasteiger partial charge in [0, 0.05) is 0 Å². The van der Waals surface area contributed by atoms with Crippen LogP contribution < -0.4 is 4.74 Å². The summed E-state index contributed by atoms with van der Waals surface area (Å²) in [6, 6.07) is 0. The predicted octanol–water partition coefficient (Wildman–Crippen LogP) is 2.43. The molecule has 0 aliphatic carbocycles. The summed E-state index contributed by atoms with van der Waals surface area (Å²) >= 11 is 11.0. The van der Waals surface area contributed by atoms with Crippen LogP contribution in [0.4, 0.5) is 8.78 Å². The zero-order valence-corrected chi connectivity index (χ0v) is 7.69. The van der Waals surface area contributed by atoms with Gasteiger partial charge in [-0.25, -0.2) is 18.7 Å². The number of rotatable bonds is 3. The molecule has 0 saturated carbocycles. The largest absolute Gasteiger partial charge is 0.481 e. The maximum absolute atomic E-state index is 11.7. The molecule has 0 N–H and O–H groups in total. The quantitative estimate of drug-likeness (QED) is 0.746. The predicted molar refractivity (Wildman–Crippen MR) is 43.6 cm³/mol. The van der Waals surface area contributed by atoms with Crippen molar-refractivity contribution in [1.29, 1.82) is 0 Å². The van der Waals surface area contributed by atoms with Crippen molar-refractivity contribution in [2.45, 2.75) is 6.43 Å². The lowest BCUT2D eigenvalue weighted by Crippen LogP contribution is -2.08. The topological polar surface area (TPSA) is 35.0 Å². The highest BCUT2D eigenvalue weighted by Crippen LogP contribution is 2.28. The van der Waals surface area contributed by atoms with Crippen molar-refractivity contribution < 1.29 is 13.5 Å². The number of aromatic nitrogens is 2. The Morgan fingerprint density at radius 3 is 2.31 bits per heavy atom. The maximum Gasteiger partial charge on any atom is 0.272 e. The first kappa shape index (κ1) is 10.4. The van der Waals surface area contributed by atoms with Crippen molar-refractivity contribution in [2.24, 2.45) is 0 Å². The minimum atomic E-state index is -2.59. The third-order valence-corrected chi connectivity index (χ3v) is 1.61. The van der Waals surface area contributed by atoms with Gasteiger partial charge in [-0.3, -0.25) is 0 Å². The fourth-order valence-corrected chi connectivity index (χ4v) is 1.02. The molecular weight excluding hydrogens is 225 g/mol. The van der Waals surface area contributed by atoms with E-state index >= 15 is 0 Å². The van der Waals surface area contributed by atoms with Gasteiger partial charge in [-0.15, -0.1) is 0 Å². The third kappa shape index (κ3) is 2.93. The highest BCUT2D eigenvalue weighted by atomic mass is 35.5. The standard InChI is InChI=1S/C6H4Cl2F2N2O/c7-5-4(13-1-3(9)10)6(8)12-2-11-5/h2-3H,1H2. The van der Waals surface area contributed by atoms with Crippen molar-refractivity contribution in [3.63, 3.8) is 0 Å². The highest BCUT2D eigenvalue weighted by Gasteiger charge is 2.11. The maximum atomic E-state index is 11.7. The molecule has 0 aliphatic heterocycles. The minimum absolute atomic E-state index is 0.0827. The summed E-state index contributed by atoms with van der Waals surface area (Å²) in [5.74, 6) is -0.119. The van der Waals surface area contributed by atoms with Gasteiger partial charge in [-0.1, -0.05) is 23.2 Å². The first-order chi connectivity index (χ1) is 6.11. The van der Waals surface area contributed by atoms with Crippen LogP contribution in [0, 0.1) is 0 Å². The van der Waals surface area contributed by atoms with E-state index < -0.39 is 13.0 Å². The number of alkyl halides is 2. The molecule has 0 fully saturated rings. The number of ether oxygens (including phenoxy) is 1. The molecule has 0 spiro atoms. The van der Waals surface area contributed by atoms with E-state index in [1.807, 2.05) is 0 Å². The third-order valence-electron chi connectivity index (χ3n) is 1.07. The van der Waals surface area contributed by atoms with E-state index in [4.69, 9.17) is 23.2 Å². The Labute approximate surface area is 82.7 Å². The Kier molecular flexibility index (Phi) is 3.62. The van der Waals surface area contributed by atoms with E-state index in [9.17, 15) is 8.78 Å². The molecule has 0 bridgehead atoms. The zero-order chi connectivity index (χ0) is 9.84. The van der Waals surface area contributed by atoms with Crippen LogP contribution in [0.15, 0.2) is 6.33 Å². The Hall–Kier alpha value is -0.680. The van der Waals surface area contributed by atoms with Crippen molar-refractivity contribution in [3.05, 3.63) is 16.6 Å². The molecule has 0 unspecified atom stereocenters. The smallest absolute Gasteiger partial charge is 0.272 e. The fourth-order valence-electron chi connectivity index (χ4n) is 0.598. The SMILES string of the molecule is FC(F)COc1c(Cl)ncnc1Cl. The second kappa shape index (κ2) is 4.53. The minimum Gasteiger partial charge on any atom is -0.481 e. The normalized spacial score (nSPS) is 10.5. The van der Waals surface area contributed by atoms with E-state index in [2.05, 4.69) is 14.7 Å². The second-order valence-electron chi connectivity index (χ2n) is 1.99. The molecule has 13 heavy (non-hydrogen) atoms. The molecule has 1 aromatic heterocycles. The molecule has 3 nitrogen and oxygen atoms in total. The van der Waals surface area contributed by atoms with Gasteiger partial charge < -0.3 is 4.74 Å². The van der Waals surface area contributed by atoms with E-state index in [-0.39, 0.29) is 16.1 Å². The Balaban J connectivity index is 2.75. The molecule has 0 amide bonds. The highest BCUT2D eigenvalue weighted by molar-refractivity contribution is 6.35. The average molecular weight is 229 g/mol. The monoisotopic (exact) mass is 228 g/mol. The lowest BCUT2D eigenvalue weighted by Gasteiger charge is -2.06. The summed E-state index contributed by atoms with van der Waals surface area (Å²) in [6.07, 6.45) is -1.48. The number of nitrogens with zero attached hydrogens (tertiary/aromatic N) is 2. The summed E-state index contributed by atoms with van der Waals surface area (Å²) in [7, 11) is 0. The summed E-state index contributed by atoms with van der Waals surface area (Å²) in [5.41, 5.74) is 0. The summed E-state index contributed by atoms with van der Waals surface area (Å²) in [6.45, 7) is -0.785. The van der Waals surface area contributed by atoms with Crippen LogP contribution in [-0.4, -0.2) is 23.0 Å². The van der Waals surface area contributed by atoms with Crippen LogP contribution in [0.3, 0.4) is 0 Å². The second-order valence-corrected chi connectivity index (χ2v) is 2.70. The van der Waals surface area contributed by atoms with E-state index in [1.165, 1.54) is 0 Å². The molecular formula is C6H4Cl2F2N2O. The first-order valence-electron chi connectivity index (χ1n) is 3.18. The van der Waals surface area contributed by atoms with Crippen LogP contribution in [0.25, 0.3) is 0 Å². The molecule has 0 atom stereocenters. The van der Waals surface area contributed by atoms with Crippen LogP contribution in [0.2, 0.25) is 10.3 Å². The van der Waals surface area contributed by atoms with Gasteiger partial charge >= 0.3 is 0 Å². The van der Waals surface area contributed by atoms with Gasteiger partial charge in [0.1, 0.15) is 12.9 Å². The van der Waals surface area contributed by atoms with Crippen LogP contribution >= 0.6 is 23.2 Å². The van der Waals surface area contributed by atoms with Gasteiger partial charge in [-0.2, -0.15) is 0 Å². The molecule has 1 aromatic rings. The molecule has 1 heterocycles. The molecule has 0 saturated heterocycles. The van der Waals surface area contributed by atoms with Gasteiger partial charge in [0.25, 0.3) is 6.43 Å². The van der Waals surface area contributed by atoms with Gasteiger partial charge in [0.15, 0.2) is 16.1 Å². The van der Waals surface area contributed by atoms with E-state index in [1.54, 1.807) is 0 Å². The molecule has 7 heteroatoms. The summed E-state index contributed by atoms with van der Waals surface area (Å²) in [5, 5.41) is -0.165. The van der Waals surface area contributed by atoms with Crippen molar-refractivity contribution in [1.82, 2.24) is 9.97 Å². The van der Waals surface area contributed by atoms with Crippen LogP contribution in [-0.2, 0) is 0 Å². The fraction of sp³-hybridized carbons (Fsp3) is 0.333. The van der Waals surface area contributed by atoms with Crippen molar-refractivity contribution in [2.75, 3.05) is 6.61 Å². The first-order valence-corrected chi connectivity index (χ1v) is 3.93. The molecule has 0 aliphatic rings. The summed E-state index contributed by atoms with van der Waals surface area (Å²) in [4.78, 5) is 7.04. The lowest BCUT2D eigenvalue weighted by molar-refractivity contribution is 0.0816. The zero-order valence-electron chi connectivity index (χ0n) is 6.18. The number of hydrogen-bond donors (Lipinski definition) is 0. The Morgan fingerprint density at radius 2 is 1.85 bits per heavy atom. The van der Waals surface area contributed by atoms with Gasteiger partial charge in [-0.05, 0) is 0 Å². The Morgan fingerprint density at radius 1 is 1.31 bits per heavy atom. The van der Waals surface area contributed by atoms with Crippen LogP contribution in [0.5, 0.6) is 5.75 Å². The molecule has 1 rings (SSSR count).